The second-order valence-corrected chi connectivity index (χ2v) is 3.12. The SMILES string of the molecule is CC(O)c1ccc(-c2cccnc2)o1. The summed E-state index contributed by atoms with van der Waals surface area (Å²) in [6.45, 7) is 1.67. The molecular weight excluding hydrogens is 178 g/mol. The number of pyridine rings is 1. The van der Waals surface area contributed by atoms with Gasteiger partial charge < -0.3 is 9.52 Å². The first-order chi connectivity index (χ1) is 6.77. The van der Waals surface area contributed by atoms with Crippen LogP contribution >= 0.6 is 0 Å². The van der Waals surface area contributed by atoms with Gasteiger partial charge in [-0.05, 0) is 31.2 Å². The highest BCUT2D eigenvalue weighted by Crippen LogP contribution is 2.24. The van der Waals surface area contributed by atoms with E-state index in [1.165, 1.54) is 0 Å². The molecule has 0 saturated carbocycles. The largest absolute Gasteiger partial charge is 0.458 e. The van der Waals surface area contributed by atoms with Crippen molar-refractivity contribution in [3.63, 3.8) is 0 Å². The molecule has 0 aliphatic rings. The Bertz CT molecular complexity index is 406. The van der Waals surface area contributed by atoms with Crippen LogP contribution in [0.3, 0.4) is 0 Å². The van der Waals surface area contributed by atoms with Crippen molar-refractivity contribution in [1.29, 1.82) is 0 Å². The van der Waals surface area contributed by atoms with E-state index in [0.29, 0.717) is 5.76 Å². The highest BCUT2D eigenvalue weighted by atomic mass is 16.4. The van der Waals surface area contributed by atoms with Gasteiger partial charge in [-0.3, -0.25) is 4.98 Å². The Kier molecular flexibility index (Phi) is 2.33. The molecule has 2 heterocycles. The Balaban J connectivity index is 2.34. The summed E-state index contributed by atoms with van der Waals surface area (Å²) in [5.41, 5.74) is 0.916. The second kappa shape index (κ2) is 3.64. The second-order valence-electron chi connectivity index (χ2n) is 3.12. The first-order valence-electron chi connectivity index (χ1n) is 4.45. The third-order valence-electron chi connectivity index (χ3n) is 1.98. The third-order valence-corrected chi connectivity index (χ3v) is 1.98. The first-order valence-corrected chi connectivity index (χ1v) is 4.45. The van der Waals surface area contributed by atoms with Crippen molar-refractivity contribution >= 4 is 0 Å². The molecular formula is C11H11NO2. The lowest BCUT2D eigenvalue weighted by Gasteiger charge is -1.98. The summed E-state index contributed by atoms with van der Waals surface area (Å²) in [5.74, 6) is 1.30. The number of aromatic nitrogens is 1. The van der Waals surface area contributed by atoms with E-state index < -0.39 is 6.10 Å². The summed E-state index contributed by atoms with van der Waals surface area (Å²) in [6, 6.07) is 7.36. The highest BCUT2D eigenvalue weighted by molar-refractivity contribution is 5.55. The topological polar surface area (TPSA) is 46.3 Å². The summed E-state index contributed by atoms with van der Waals surface area (Å²) >= 11 is 0. The Morgan fingerprint density at radius 3 is 2.79 bits per heavy atom. The number of aliphatic hydroxyl groups excluding tert-OH is 1. The van der Waals surface area contributed by atoms with Crippen molar-refractivity contribution in [1.82, 2.24) is 4.98 Å². The maximum atomic E-state index is 9.27. The van der Waals surface area contributed by atoms with E-state index in [1.807, 2.05) is 18.2 Å². The van der Waals surface area contributed by atoms with Crippen LogP contribution in [0.1, 0.15) is 18.8 Å². The van der Waals surface area contributed by atoms with Gasteiger partial charge in [0.15, 0.2) is 0 Å². The average Bonchev–Trinajstić information content (AvgIpc) is 2.68. The van der Waals surface area contributed by atoms with Gasteiger partial charge in [0.2, 0.25) is 0 Å². The monoisotopic (exact) mass is 189 g/mol. The molecule has 72 valence electrons. The van der Waals surface area contributed by atoms with Crippen LogP contribution in [0.2, 0.25) is 0 Å². The van der Waals surface area contributed by atoms with Crippen LogP contribution in [0, 0.1) is 0 Å². The van der Waals surface area contributed by atoms with E-state index in [9.17, 15) is 5.11 Å². The summed E-state index contributed by atoms with van der Waals surface area (Å²) in [4.78, 5) is 3.99. The van der Waals surface area contributed by atoms with E-state index >= 15 is 0 Å². The summed E-state index contributed by atoms with van der Waals surface area (Å²) in [6.07, 6.45) is 2.87. The fourth-order valence-corrected chi connectivity index (χ4v) is 1.24. The zero-order valence-electron chi connectivity index (χ0n) is 7.84. The molecule has 0 aliphatic heterocycles. The van der Waals surface area contributed by atoms with Crippen molar-refractivity contribution in [3.05, 3.63) is 42.4 Å². The number of nitrogens with zero attached hydrogens (tertiary/aromatic N) is 1. The van der Waals surface area contributed by atoms with E-state index in [1.54, 1.807) is 25.4 Å². The molecule has 0 saturated heterocycles. The molecule has 0 aromatic carbocycles. The Hall–Kier alpha value is -1.61. The minimum Gasteiger partial charge on any atom is -0.458 e. The fourth-order valence-electron chi connectivity index (χ4n) is 1.24. The van der Waals surface area contributed by atoms with Gasteiger partial charge in [0.05, 0.1) is 0 Å². The quantitative estimate of drug-likeness (QED) is 0.789. The number of aliphatic hydroxyl groups is 1. The molecule has 0 fully saturated rings. The molecule has 3 heteroatoms. The molecule has 1 N–H and O–H groups in total. The van der Waals surface area contributed by atoms with Crippen LogP contribution < -0.4 is 0 Å². The molecule has 0 bridgehead atoms. The van der Waals surface area contributed by atoms with Gasteiger partial charge in [0.25, 0.3) is 0 Å². The molecule has 2 rings (SSSR count). The van der Waals surface area contributed by atoms with E-state index in [4.69, 9.17) is 4.42 Å². The number of rotatable bonds is 2. The molecule has 0 aliphatic carbocycles. The van der Waals surface area contributed by atoms with E-state index in [2.05, 4.69) is 4.98 Å². The normalized spacial score (nSPS) is 12.7. The molecule has 0 radical (unpaired) electrons. The smallest absolute Gasteiger partial charge is 0.135 e. The lowest BCUT2D eigenvalue weighted by Crippen LogP contribution is -1.85. The number of furan rings is 1. The van der Waals surface area contributed by atoms with Crippen LogP contribution in [0.25, 0.3) is 11.3 Å². The maximum Gasteiger partial charge on any atom is 0.135 e. The van der Waals surface area contributed by atoms with Crippen molar-refractivity contribution in [2.24, 2.45) is 0 Å². The Morgan fingerprint density at radius 1 is 1.36 bits per heavy atom. The molecule has 1 atom stereocenters. The minimum absolute atomic E-state index is 0.569. The van der Waals surface area contributed by atoms with Gasteiger partial charge in [0.1, 0.15) is 17.6 Å². The van der Waals surface area contributed by atoms with Gasteiger partial charge in [-0.15, -0.1) is 0 Å². The van der Waals surface area contributed by atoms with Gasteiger partial charge in [-0.2, -0.15) is 0 Å². The van der Waals surface area contributed by atoms with Crippen LogP contribution in [-0.2, 0) is 0 Å². The number of hydrogen-bond donors (Lipinski definition) is 1. The van der Waals surface area contributed by atoms with Gasteiger partial charge in [-0.1, -0.05) is 0 Å². The summed E-state index contributed by atoms with van der Waals surface area (Å²) in [5, 5.41) is 9.27. The molecule has 14 heavy (non-hydrogen) atoms. The average molecular weight is 189 g/mol. The fraction of sp³-hybridized carbons (Fsp3) is 0.182. The van der Waals surface area contributed by atoms with Crippen molar-refractivity contribution in [2.75, 3.05) is 0 Å². The van der Waals surface area contributed by atoms with Crippen LogP contribution in [0.5, 0.6) is 0 Å². The summed E-state index contributed by atoms with van der Waals surface area (Å²) in [7, 11) is 0. The van der Waals surface area contributed by atoms with Gasteiger partial charge in [0, 0.05) is 18.0 Å². The van der Waals surface area contributed by atoms with Crippen molar-refractivity contribution in [3.8, 4) is 11.3 Å². The molecule has 0 amide bonds. The van der Waals surface area contributed by atoms with Crippen LogP contribution in [0.15, 0.2) is 41.1 Å². The molecule has 1 unspecified atom stereocenters. The first kappa shape index (κ1) is 8.97. The predicted molar refractivity (Wildman–Crippen MR) is 52.6 cm³/mol. The molecule has 2 aromatic heterocycles. The van der Waals surface area contributed by atoms with E-state index in [-0.39, 0.29) is 0 Å². The van der Waals surface area contributed by atoms with Crippen LogP contribution in [0.4, 0.5) is 0 Å². The lowest BCUT2D eigenvalue weighted by atomic mass is 10.2. The highest BCUT2D eigenvalue weighted by Gasteiger charge is 2.07. The third kappa shape index (κ3) is 1.67. The van der Waals surface area contributed by atoms with Crippen molar-refractivity contribution in [2.45, 2.75) is 13.0 Å². The minimum atomic E-state index is -0.569. The molecule has 0 spiro atoms. The number of hydrogen-bond acceptors (Lipinski definition) is 3. The Morgan fingerprint density at radius 2 is 2.21 bits per heavy atom. The van der Waals surface area contributed by atoms with Gasteiger partial charge >= 0.3 is 0 Å². The zero-order chi connectivity index (χ0) is 9.97. The predicted octanol–water partition coefficient (Wildman–Crippen LogP) is 2.39. The summed E-state index contributed by atoms with van der Waals surface area (Å²) < 4.78 is 5.44. The zero-order valence-corrected chi connectivity index (χ0v) is 7.84. The Labute approximate surface area is 82.0 Å². The van der Waals surface area contributed by atoms with Crippen LogP contribution in [-0.4, -0.2) is 10.1 Å². The van der Waals surface area contributed by atoms with E-state index in [0.717, 1.165) is 11.3 Å². The van der Waals surface area contributed by atoms with Gasteiger partial charge in [-0.25, -0.2) is 0 Å². The van der Waals surface area contributed by atoms with Crippen molar-refractivity contribution < 1.29 is 9.52 Å². The lowest BCUT2D eigenvalue weighted by molar-refractivity contribution is 0.170. The standard InChI is InChI=1S/C11H11NO2/c1-8(13)10-4-5-11(14-10)9-3-2-6-12-7-9/h2-8,13H,1H3. The molecule has 2 aromatic rings. The molecule has 3 nitrogen and oxygen atoms in total. The maximum absolute atomic E-state index is 9.27.